The van der Waals surface area contributed by atoms with E-state index < -0.39 is 14.1 Å². The molecule has 1 aliphatic heterocycles. The lowest BCUT2D eigenvalue weighted by atomic mass is 9.87. The Morgan fingerprint density at radius 1 is 0.521 bits per heavy atom. The summed E-state index contributed by atoms with van der Waals surface area (Å²) >= 11 is 0. The third-order valence-corrected chi connectivity index (χ3v) is 18.8. The molecule has 0 bridgehead atoms. The summed E-state index contributed by atoms with van der Waals surface area (Å²) in [4.78, 5) is 9.81. The topological polar surface area (TPSA) is 33.5 Å². The summed E-state index contributed by atoms with van der Waals surface area (Å²) in [6.07, 6.45) is 1.64. The molecule has 0 spiro atoms. The number of ether oxygens (including phenoxy) is 1. The molecule has 12 rings (SSSR count). The molecule has 0 aliphatic carbocycles. The molecule has 0 fully saturated rings. The Morgan fingerprint density at radius 3 is 1.68 bits per heavy atom. The van der Waals surface area contributed by atoms with Gasteiger partial charge in [0.25, 0.3) is 0 Å². The Labute approximate surface area is 424 Å². The van der Waals surface area contributed by atoms with Crippen LogP contribution in [0.15, 0.2) is 243 Å². The summed E-state index contributed by atoms with van der Waals surface area (Å²) in [7, 11) is -2.97. The average Bonchev–Trinajstić information content (AvgIpc) is 4.07. The first-order chi connectivity index (χ1) is 36.8. The van der Waals surface area contributed by atoms with E-state index in [1.165, 1.54) is 26.3 Å². The molecular weight excluding hydrogens is 881 g/mol. The van der Waals surface area contributed by atoms with Crippen LogP contribution in [-0.4, -0.2) is 24.3 Å². The van der Waals surface area contributed by atoms with E-state index in [-0.39, 0.29) is 35.1 Å². The Hall–Kier alpha value is -8.45. The molecule has 3 heterocycles. The van der Waals surface area contributed by atoms with Gasteiger partial charge in [-0.05, 0) is 110 Å². The Morgan fingerprint density at radius 2 is 1.07 bits per heavy atom. The van der Waals surface area contributed by atoms with Crippen LogP contribution in [0.4, 0.5) is 22.7 Å². The van der Waals surface area contributed by atoms with Gasteiger partial charge in [0.2, 0.25) is 0 Å². The molecule has 1 aliphatic rings. The van der Waals surface area contributed by atoms with Crippen LogP contribution in [0, 0.1) is 6.92 Å². The molecular formula is C65H54N4OSi. The quantitative estimate of drug-likeness (QED) is 0.101. The van der Waals surface area contributed by atoms with Gasteiger partial charge in [0.1, 0.15) is 24.0 Å². The van der Waals surface area contributed by atoms with Crippen molar-refractivity contribution in [2.24, 2.45) is 0 Å². The van der Waals surface area contributed by atoms with E-state index in [0.29, 0.717) is 35.1 Å². The minimum Gasteiger partial charge on any atom is -0.457 e. The van der Waals surface area contributed by atoms with E-state index in [1.807, 2.05) is 31.2 Å². The largest absolute Gasteiger partial charge is 0.457 e. The van der Waals surface area contributed by atoms with Crippen molar-refractivity contribution < 1.29 is 11.6 Å². The van der Waals surface area contributed by atoms with Gasteiger partial charge < -0.3 is 14.5 Å². The van der Waals surface area contributed by atoms with Gasteiger partial charge in [0.15, 0.2) is 8.07 Å². The van der Waals surface area contributed by atoms with Gasteiger partial charge in [-0.25, -0.2) is 4.98 Å². The first kappa shape index (κ1) is 38.4. The SMILES string of the molecule is [2H]c1c([2H])c([2H])c(-c2cnc(-n3c4cc(Oc5cccc(N6CN(c7cccc(C(C)(C)C)c7)c7ccccc76)c5)ccc4c4ccc([Si](c5ccccc5)(c5ccccc5)c5ccccc5)cc43)cc2C)c([2H])c1[2H]. The van der Waals surface area contributed by atoms with Crippen molar-refractivity contribution in [3.63, 3.8) is 0 Å². The van der Waals surface area contributed by atoms with Crippen molar-refractivity contribution in [2.45, 2.75) is 33.1 Å². The number of para-hydroxylation sites is 2. The highest BCUT2D eigenvalue weighted by molar-refractivity contribution is 7.20. The number of rotatable bonds is 10. The molecule has 344 valence electrons. The number of fused-ring (bicyclic) bond motifs is 4. The Balaban J connectivity index is 1.01. The standard InChI is InChI=1S/C65H54N4OSi/c1-46-39-64(66-44-59(46)47-21-9-5-10-22-47)69-62-42-52(70-51-26-20-25-50(41-51)68-45-67(60-33-17-18-34-61(60)68)49-24-19-23-48(40-49)65(2,3)4)35-37-57(62)58-38-36-56(43-63(58)69)71(53-27-11-6-12-28-53,54-29-13-7-14-30-54)55-31-15-8-16-32-55/h5-44H,45H2,1-4H3/i5D,9D,10D,21D,22D. The molecule has 0 N–H and O–H groups in total. The smallest absolute Gasteiger partial charge is 0.179 e. The lowest BCUT2D eigenvalue weighted by Gasteiger charge is -2.34. The first-order valence-corrected chi connectivity index (χ1v) is 26.1. The highest BCUT2D eigenvalue weighted by atomic mass is 28.3. The first-order valence-electron chi connectivity index (χ1n) is 26.6. The maximum atomic E-state index is 8.83. The monoisotopic (exact) mass is 939 g/mol. The number of hydrogen-bond donors (Lipinski definition) is 0. The molecule has 0 saturated heterocycles. The van der Waals surface area contributed by atoms with E-state index >= 15 is 0 Å². The van der Waals surface area contributed by atoms with Gasteiger partial charge in [-0.15, -0.1) is 0 Å². The zero-order valence-electron chi connectivity index (χ0n) is 45.1. The third-order valence-electron chi connectivity index (χ3n) is 14.0. The maximum absolute atomic E-state index is 8.83. The van der Waals surface area contributed by atoms with Gasteiger partial charge in [0.05, 0.1) is 29.3 Å². The molecule has 2 aromatic heterocycles. The van der Waals surface area contributed by atoms with Gasteiger partial charge in [0, 0.05) is 46.0 Å². The second-order valence-electron chi connectivity index (χ2n) is 19.3. The number of aromatic nitrogens is 2. The highest BCUT2D eigenvalue weighted by Gasteiger charge is 2.42. The molecule has 0 amide bonds. The van der Waals surface area contributed by atoms with Crippen LogP contribution in [0.1, 0.15) is 38.8 Å². The average molecular weight is 940 g/mol. The molecule has 5 nitrogen and oxygen atoms in total. The molecule has 0 radical (unpaired) electrons. The molecule has 6 heteroatoms. The normalized spacial score (nSPS) is 13.7. The van der Waals surface area contributed by atoms with Crippen molar-refractivity contribution in [1.82, 2.24) is 9.55 Å². The fraction of sp³-hybridized carbons (Fsp3) is 0.0923. The molecule has 71 heavy (non-hydrogen) atoms. The summed E-state index contributed by atoms with van der Waals surface area (Å²) in [5.41, 5.74) is 8.82. The summed E-state index contributed by atoms with van der Waals surface area (Å²) in [6, 6.07) is 71.5. The summed E-state index contributed by atoms with van der Waals surface area (Å²) in [5.74, 6) is 1.95. The van der Waals surface area contributed by atoms with Crippen molar-refractivity contribution in [2.75, 3.05) is 16.5 Å². The van der Waals surface area contributed by atoms with E-state index in [0.717, 1.165) is 44.6 Å². The second kappa shape index (κ2) is 17.8. The third kappa shape index (κ3) is 7.77. The zero-order chi connectivity index (χ0) is 52.5. The van der Waals surface area contributed by atoms with Gasteiger partial charge in [-0.1, -0.05) is 184 Å². The fourth-order valence-corrected chi connectivity index (χ4v) is 15.3. The molecule has 9 aromatic carbocycles. The maximum Gasteiger partial charge on any atom is 0.179 e. The highest BCUT2D eigenvalue weighted by Crippen LogP contribution is 2.45. The summed E-state index contributed by atoms with van der Waals surface area (Å²) in [5, 5.41) is 6.99. The Bertz CT molecular complexity index is 3910. The van der Waals surface area contributed by atoms with Crippen LogP contribution < -0.4 is 35.3 Å². The lowest BCUT2D eigenvalue weighted by molar-refractivity contribution is 0.483. The van der Waals surface area contributed by atoms with Gasteiger partial charge in [-0.2, -0.15) is 0 Å². The van der Waals surface area contributed by atoms with Crippen LogP contribution in [0.2, 0.25) is 0 Å². The van der Waals surface area contributed by atoms with Crippen LogP contribution >= 0.6 is 0 Å². The minimum atomic E-state index is -2.97. The minimum absolute atomic E-state index is 0.0129. The molecule has 0 unspecified atom stereocenters. The second-order valence-corrected chi connectivity index (χ2v) is 23.1. The van der Waals surface area contributed by atoms with Crippen molar-refractivity contribution >= 4 is 73.4 Å². The van der Waals surface area contributed by atoms with Crippen molar-refractivity contribution in [3.05, 3.63) is 254 Å². The predicted octanol–water partition coefficient (Wildman–Crippen LogP) is 13.9. The fourth-order valence-electron chi connectivity index (χ4n) is 10.6. The van der Waals surface area contributed by atoms with Crippen molar-refractivity contribution in [1.29, 1.82) is 0 Å². The van der Waals surface area contributed by atoms with Crippen LogP contribution in [0.5, 0.6) is 11.5 Å². The summed E-state index contributed by atoms with van der Waals surface area (Å²) < 4.78 is 51.9. The van der Waals surface area contributed by atoms with E-state index in [4.69, 9.17) is 16.6 Å². The molecule has 0 atom stereocenters. The van der Waals surface area contributed by atoms with Crippen LogP contribution in [0.3, 0.4) is 0 Å². The number of benzene rings is 9. The number of hydrogen-bond acceptors (Lipinski definition) is 4. The number of anilines is 4. The zero-order valence-corrected chi connectivity index (χ0v) is 41.1. The van der Waals surface area contributed by atoms with Crippen LogP contribution in [0.25, 0.3) is 38.8 Å². The number of aryl methyl sites for hydroxylation is 1. The summed E-state index contributed by atoms with van der Waals surface area (Å²) in [6.45, 7) is 9.28. The predicted molar refractivity (Wildman–Crippen MR) is 300 cm³/mol. The van der Waals surface area contributed by atoms with Gasteiger partial charge >= 0.3 is 0 Å². The van der Waals surface area contributed by atoms with E-state index in [9.17, 15) is 0 Å². The number of pyridine rings is 1. The Kier molecular flexibility index (Phi) is 9.63. The van der Waals surface area contributed by atoms with Gasteiger partial charge in [-0.3, -0.25) is 4.57 Å². The van der Waals surface area contributed by atoms with E-state index in [1.54, 1.807) is 6.20 Å². The number of nitrogens with zero attached hydrogens (tertiary/aromatic N) is 4. The molecule has 11 aromatic rings. The lowest BCUT2D eigenvalue weighted by Crippen LogP contribution is -2.74. The van der Waals surface area contributed by atoms with Crippen molar-refractivity contribution in [3.8, 4) is 28.4 Å². The van der Waals surface area contributed by atoms with Crippen LogP contribution in [-0.2, 0) is 5.41 Å². The molecule has 0 saturated carbocycles. The van der Waals surface area contributed by atoms with E-state index in [2.05, 4.69) is 217 Å².